The molecule has 1 heterocycles. The van der Waals surface area contributed by atoms with Gasteiger partial charge in [-0.05, 0) is 0 Å². The van der Waals surface area contributed by atoms with Gasteiger partial charge in [0.15, 0.2) is 0 Å². The summed E-state index contributed by atoms with van der Waals surface area (Å²) < 4.78 is 1.47. The standard InChI is InChI=1S/C6H5OS.2HI.In/c1-5(7)6-3-2-4-8-6;;;/h2-3H,1H3;2*1H;/q;;;+2/p-2. The van der Waals surface area contributed by atoms with Crippen LogP contribution in [0.3, 0.4) is 0 Å². The molecule has 0 fully saturated rings. The molecular formula is C6H5I2InOS. The van der Waals surface area contributed by atoms with E-state index in [2.05, 4.69) is 42.3 Å². The Morgan fingerprint density at radius 1 is 1.55 bits per heavy atom. The van der Waals surface area contributed by atoms with Crippen LogP contribution in [-0.4, -0.2) is 18.9 Å². The first-order valence-corrected chi connectivity index (χ1v) is 24.7. The summed E-state index contributed by atoms with van der Waals surface area (Å²) in [6.07, 6.45) is 0. The Morgan fingerprint density at radius 2 is 2.18 bits per heavy atom. The predicted molar refractivity (Wildman–Crippen MR) is 67.8 cm³/mol. The summed E-state index contributed by atoms with van der Waals surface area (Å²) in [6.45, 7) is 1.63. The molecule has 5 heteroatoms. The molecule has 0 N–H and O–H groups in total. The monoisotopic (exact) mass is 494 g/mol. The molecule has 0 amide bonds. The van der Waals surface area contributed by atoms with Crippen molar-refractivity contribution < 1.29 is 4.79 Å². The van der Waals surface area contributed by atoms with E-state index in [-0.39, 0.29) is 5.78 Å². The molecule has 11 heavy (non-hydrogen) atoms. The van der Waals surface area contributed by atoms with Gasteiger partial charge in [0.1, 0.15) is 0 Å². The van der Waals surface area contributed by atoms with E-state index in [4.69, 9.17) is 0 Å². The number of halogens is 2. The van der Waals surface area contributed by atoms with Crippen molar-refractivity contribution in [2.75, 3.05) is 0 Å². The van der Waals surface area contributed by atoms with Crippen LogP contribution in [0.25, 0.3) is 0 Å². The molecule has 0 aliphatic rings. The third-order valence-corrected chi connectivity index (χ3v) is 21.2. The summed E-state index contributed by atoms with van der Waals surface area (Å²) in [5.74, 6) is 0.195. The van der Waals surface area contributed by atoms with Crippen molar-refractivity contribution in [3.05, 3.63) is 17.0 Å². The summed E-state index contributed by atoms with van der Waals surface area (Å²) in [5, 5.41) is 0. The number of carbonyl (C=O) groups excluding carboxylic acids is 1. The van der Waals surface area contributed by atoms with Crippen LogP contribution in [0.4, 0.5) is 0 Å². The first kappa shape index (κ1) is 10.8. The Kier molecular flexibility index (Phi) is 4.71. The van der Waals surface area contributed by atoms with Gasteiger partial charge >= 0.3 is 97.9 Å². The normalized spacial score (nSPS) is 9.73. The second-order valence-corrected chi connectivity index (χ2v) is 40.6. The van der Waals surface area contributed by atoms with Crippen LogP contribution in [-0.2, 0) is 0 Å². The summed E-state index contributed by atoms with van der Waals surface area (Å²) in [7, 11) is 0. The molecule has 1 aromatic heterocycles. The van der Waals surface area contributed by atoms with Gasteiger partial charge in [0.25, 0.3) is 0 Å². The van der Waals surface area contributed by atoms with Crippen LogP contribution < -0.4 is 2.63 Å². The summed E-state index contributed by atoms with van der Waals surface area (Å²) in [6, 6.07) is 4.06. The van der Waals surface area contributed by atoms with Gasteiger partial charge in [-0.25, -0.2) is 0 Å². The number of rotatable bonds is 2. The second-order valence-electron chi connectivity index (χ2n) is 2.06. The number of hydrogen-bond acceptors (Lipinski definition) is 2. The Labute approximate surface area is 96.0 Å². The molecule has 0 saturated carbocycles. The molecule has 58 valence electrons. The minimum absolute atomic E-state index is 0.195. The van der Waals surface area contributed by atoms with Crippen molar-refractivity contribution in [3.8, 4) is 0 Å². The molecule has 0 unspecified atom stereocenters. The molecule has 1 aromatic rings. The fraction of sp³-hybridized carbons (Fsp3) is 0.167. The molecule has 0 aromatic carbocycles. The second kappa shape index (κ2) is 4.80. The quantitative estimate of drug-likeness (QED) is 0.457. The van der Waals surface area contributed by atoms with Crippen molar-refractivity contribution in [2.24, 2.45) is 0 Å². The van der Waals surface area contributed by atoms with Gasteiger partial charge < -0.3 is 0 Å². The molecule has 0 bridgehead atoms. The fourth-order valence-electron chi connectivity index (χ4n) is 0.659. The van der Waals surface area contributed by atoms with E-state index in [1.54, 1.807) is 18.3 Å². The van der Waals surface area contributed by atoms with E-state index in [1.165, 1.54) is 2.63 Å². The fourth-order valence-corrected chi connectivity index (χ4v) is 11.9. The SMILES string of the molecule is CC(=O)c1cc[c]([In]([I])[I])s1. The molecular weight excluding hydrogens is 489 g/mol. The zero-order chi connectivity index (χ0) is 8.43. The van der Waals surface area contributed by atoms with Crippen LogP contribution in [0.15, 0.2) is 12.1 Å². The van der Waals surface area contributed by atoms with Gasteiger partial charge in [-0.3, -0.25) is 0 Å². The van der Waals surface area contributed by atoms with Crippen LogP contribution in [0.1, 0.15) is 16.6 Å². The molecule has 1 rings (SSSR count). The molecule has 0 spiro atoms. The van der Waals surface area contributed by atoms with Gasteiger partial charge in [0.05, 0.1) is 0 Å². The Balaban J connectivity index is 2.90. The van der Waals surface area contributed by atoms with E-state index in [0.29, 0.717) is 0 Å². The topological polar surface area (TPSA) is 17.1 Å². The Hall–Kier alpha value is 1.70. The van der Waals surface area contributed by atoms with Crippen molar-refractivity contribution in [3.63, 3.8) is 0 Å². The van der Waals surface area contributed by atoms with Crippen LogP contribution in [0.5, 0.6) is 0 Å². The van der Waals surface area contributed by atoms with Gasteiger partial charge in [0.2, 0.25) is 0 Å². The van der Waals surface area contributed by atoms with Crippen molar-refractivity contribution >= 4 is 69.2 Å². The molecule has 0 atom stereocenters. The van der Waals surface area contributed by atoms with Crippen molar-refractivity contribution in [1.29, 1.82) is 0 Å². The van der Waals surface area contributed by atoms with E-state index in [9.17, 15) is 4.79 Å². The molecule has 0 saturated heterocycles. The Bertz CT molecular complexity index is 271. The van der Waals surface area contributed by atoms with Crippen molar-refractivity contribution in [2.45, 2.75) is 6.92 Å². The summed E-state index contributed by atoms with van der Waals surface area (Å²) in [4.78, 5) is 11.8. The molecule has 1 nitrogen and oxygen atoms in total. The van der Waals surface area contributed by atoms with Gasteiger partial charge in [0, 0.05) is 0 Å². The van der Waals surface area contributed by atoms with E-state index < -0.39 is 13.1 Å². The minimum atomic E-state index is -1.37. The van der Waals surface area contributed by atoms with Gasteiger partial charge in [-0.1, -0.05) is 0 Å². The van der Waals surface area contributed by atoms with E-state index >= 15 is 0 Å². The summed E-state index contributed by atoms with van der Waals surface area (Å²) in [5.41, 5.74) is 0. The number of hydrogen-bond donors (Lipinski definition) is 0. The number of thiophene rings is 1. The third-order valence-electron chi connectivity index (χ3n) is 1.19. The summed E-state index contributed by atoms with van der Waals surface area (Å²) >= 11 is 5.39. The average molecular weight is 494 g/mol. The van der Waals surface area contributed by atoms with Crippen molar-refractivity contribution in [1.82, 2.24) is 0 Å². The molecule has 0 aliphatic heterocycles. The zero-order valence-electron chi connectivity index (χ0n) is 5.80. The maximum absolute atomic E-state index is 10.9. The number of ketones is 1. The number of carbonyl (C=O) groups is 1. The zero-order valence-corrected chi connectivity index (χ0v) is 14.2. The number of Topliss-reactive ketones (excluding diaryl/α,β-unsaturated/α-hetero) is 1. The van der Waals surface area contributed by atoms with Crippen LogP contribution in [0, 0.1) is 0 Å². The predicted octanol–water partition coefficient (Wildman–Crippen LogP) is 2.52. The van der Waals surface area contributed by atoms with Crippen LogP contribution >= 0.6 is 47.6 Å². The van der Waals surface area contributed by atoms with E-state index in [1.807, 2.05) is 6.07 Å². The molecule has 0 aliphatic carbocycles. The Morgan fingerprint density at radius 3 is 2.45 bits per heavy atom. The maximum atomic E-state index is 10.9. The third kappa shape index (κ3) is 3.15. The first-order chi connectivity index (χ1) is 5.11. The van der Waals surface area contributed by atoms with Crippen LogP contribution in [0.2, 0.25) is 0 Å². The average Bonchev–Trinajstić information content (AvgIpc) is 2.33. The van der Waals surface area contributed by atoms with E-state index in [0.717, 1.165) is 4.88 Å². The first-order valence-electron chi connectivity index (χ1n) is 3.00. The molecule has 0 radical (unpaired) electrons. The van der Waals surface area contributed by atoms with Gasteiger partial charge in [-0.2, -0.15) is 0 Å². The van der Waals surface area contributed by atoms with Gasteiger partial charge in [-0.15, -0.1) is 0 Å².